The Hall–Kier alpha value is -0.670. The van der Waals surface area contributed by atoms with Crippen molar-refractivity contribution >= 4 is 11.3 Å². The molecule has 15 heavy (non-hydrogen) atoms. The Morgan fingerprint density at radius 3 is 3.00 bits per heavy atom. The van der Waals surface area contributed by atoms with Crippen LogP contribution in [0.25, 0.3) is 0 Å². The minimum Gasteiger partial charge on any atom is -0.309 e. The summed E-state index contributed by atoms with van der Waals surface area (Å²) in [4.78, 5) is 5.60. The van der Waals surface area contributed by atoms with E-state index in [1.54, 1.807) is 11.3 Å². The van der Waals surface area contributed by atoms with Crippen LogP contribution in [0, 0.1) is 6.92 Å². The molecule has 0 aliphatic heterocycles. The molecule has 1 heterocycles. The predicted octanol–water partition coefficient (Wildman–Crippen LogP) is 3.29. The van der Waals surface area contributed by atoms with Gasteiger partial charge < -0.3 is 5.32 Å². The molecular formula is C12H20N2S. The number of aryl methyl sites for hydroxylation is 1. The van der Waals surface area contributed by atoms with Gasteiger partial charge in [-0.15, -0.1) is 17.9 Å². The van der Waals surface area contributed by atoms with E-state index in [-0.39, 0.29) is 0 Å². The predicted molar refractivity (Wildman–Crippen MR) is 67.2 cm³/mol. The molecular weight excluding hydrogens is 204 g/mol. The number of thiazole rings is 1. The van der Waals surface area contributed by atoms with Crippen LogP contribution in [-0.2, 0) is 6.54 Å². The fourth-order valence-corrected chi connectivity index (χ4v) is 2.23. The van der Waals surface area contributed by atoms with E-state index in [0.717, 1.165) is 18.7 Å². The average Bonchev–Trinajstić information content (AvgIpc) is 2.65. The summed E-state index contributed by atoms with van der Waals surface area (Å²) in [6.45, 7) is 9.00. The van der Waals surface area contributed by atoms with Crippen LogP contribution >= 0.6 is 11.3 Å². The van der Waals surface area contributed by atoms with Crippen molar-refractivity contribution in [3.8, 4) is 0 Å². The molecule has 0 radical (unpaired) electrons. The van der Waals surface area contributed by atoms with Gasteiger partial charge in [-0.25, -0.2) is 4.98 Å². The van der Waals surface area contributed by atoms with Crippen molar-refractivity contribution in [2.75, 3.05) is 0 Å². The molecule has 0 aliphatic rings. The van der Waals surface area contributed by atoms with E-state index in [1.165, 1.54) is 17.7 Å². The molecule has 1 rings (SSSR count). The Morgan fingerprint density at radius 1 is 1.67 bits per heavy atom. The summed E-state index contributed by atoms with van der Waals surface area (Å²) >= 11 is 1.73. The fourth-order valence-electron chi connectivity index (χ4n) is 1.50. The van der Waals surface area contributed by atoms with Gasteiger partial charge in [-0.3, -0.25) is 0 Å². The van der Waals surface area contributed by atoms with E-state index >= 15 is 0 Å². The molecule has 0 aliphatic carbocycles. The third-order valence-corrected chi connectivity index (χ3v) is 3.54. The number of hydrogen-bond acceptors (Lipinski definition) is 3. The molecule has 0 spiro atoms. The van der Waals surface area contributed by atoms with Crippen molar-refractivity contribution < 1.29 is 0 Å². The highest BCUT2D eigenvalue weighted by Gasteiger charge is 2.06. The molecule has 0 saturated carbocycles. The van der Waals surface area contributed by atoms with Gasteiger partial charge in [0, 0.05) is 17.5 Å². The molecule has 0 fully saturated rings. The Kier molecular flexibility index (Phi) is 5.58. The minimum atomic E-state index is 0.601. The molecule has 2 nitrogen and oxygen atoms in total. The van der Waals surface area contributed by atoms with E-state index in [9.17, 15) is 0 Å². The molecule has 0 bridgehead atoms. The summed E-state index contributed by atoms with van der Waals surface area (Å²) in [6.07, 6.45) is 5.43. The SMILES string of the molecule is C=CCCC(CC)NCc1scnc1C. The van der Waals surface area contributed by atoms with Crippen LogP contribution in [0.3, 0.4) is 0 Å². The standard InChI is InChI=1S/C12H20N2S/c1-4-6-7-11(5-2)13-8-12-10(3)14-9-15-12/h4,9,11,13H,1,5-8H2,2-3H3. The second-order valence-electron chi connectivity index (χ2n) is 3.71. The van der Waals surface area contributed by atoms with Crippen LogP contribution < -0.4 is 5.32 Å². The Balaban J connectivity index is 2.34. The van der Waals surface area contributed by atoms with Crippen molar-refractivity contribution in [2.24, 2.45) is 0 Å². The van der Waals surface area contributed by atoms with Crippen LogP contribution in [0.15, 0.2) is 18.2 Å². The quantitative estimate of drug-likeness (QED) is 0.719. The summed E-state index contributed by atoms with van der Waals surface area (Å²) < 4.78 is 0. The van der Waals surface area contributed by atoms with Gasteiger partial charge in [0.25, 0.3) is 0 Å². The fraction of sp³-hybridized carbons (Fsp3) is 0.583. The van der Waals surface area contributed by atoms with Crippen LogP contribution in [-0.4, -0.2) is 11.0 Å². The van der Waals surface area contributed by atoms with Crippen molar-refractivity contribution in [2.45, 2.75) is 45.7 Å². The van der Waals surface area contributed by atoms with E-state index < -0.39 is 0 Å². The normalized spacial score (nSPS) is 12.7. The highest BCUT2D eigenvalue weighted by atomic mass is 32.1. The smallest absolute Gasteiger partial charge is 0.0798 e. The van der Waals surface area contributed by atoms with Crippen molar-refractivity contribution in [3.05, 3.63) is 28.7 Å². The number of rotatable bonds is 7. The summed E-state index contributed by atoms with van der Waals surface area (Å²) in [6, 6.07) is 0.601. The van der Waals surface area contributed by atoms with Gasteiger partial charge in [0.15, 0.2) is 0 Å². The van der Waals surface area contributed by atoms with Crippen molar-refractivity contribution in [1.82, 2.24) is 10.3 Å². The largest absolute Gasteiger partial charge is 0.309 e. The maximum atomic E-state index is 4.24. The minimum absolute atomic E-state index is 0.601. The van der Waals surface area contributed by atoms with E-state index in [0.29, 0.717) is 6.04 Å². The van der Waals surface area contributed by atoms with Gasteiger partial charge in [-0.05, 0) is 26.2 Å². The zero-order valence-electron chi connectivity index (χ0n) is 9.62. The second-order valence-corrected chi connectivity index (χ2v) is 4.65. The van der Waals surface area contributed by atoms with Crippen LogP contribution in [0.5, 0.6) is 0 Å². The topological polar surface area (TPSA) is 24.9 Å². The lowest BCUT2D eigenvalue weighted by molar-refractivity contribution is 0.472. The van der Waals surface area contributed by atoms with Crippen LogP contribution in [0.4, 0.5) is 0 Å². The molecule has 1 aromatic heterocycles. The van der Waals surface area contributed by atoms with Crippen LogP contribution in [0.2, 0.25) is 0 Å². The zero-order valence-corrected chi connectivity index (χ0v) is 10.4. The third-order valence-electron chi connectivity index (χ3n) is 2.61. The highest BCUT2D eigenvalue weighted by molar-refractivity contribution is 7.09. The first-order valence-corrected chi connectivity index (χ1v) is 6.39. The third kappa shape index (κ3) is 4.14. The first-order chi connectivity index (χ1) is 7.27. The van der Waals surface area contributed by atoms with E-state index in [1.807, 2.05) is 11.6 Å². The molecule has 0 amide bonds. The zero-order chi connectivity index (χ0) is 11.1. The Labute approximate surface area is 96.4 Å². The Morgan fingerprint density at radius 2 is 2.47 bits per heavy atom. The molecule has 84 valence electrons. The van der Waals surface area contributed by atoms with Gasteiger partial charge >= 0.3 is 0 Å². The van der Waals surface area contributed by atoms with E-state index in [2.05, 4.69) is 30.7 Å². The molecule has 1 atom stereocenters. The summed E-state index contributed by atoms with van der Waals surface area (Å²) in [5.41, 5.74) is 3.07. The van der Waals surface area contributed by atoms with Crippen molar-refractivity contribution in [3.63, 3.8) is 0 Å². The summed E-state index contributed by atoms with van der Waals surface area (Å²) in [5.74, 6) is 0. The molecule has 0 saturated heterocycles. The number of hydrogen-bond donors (Lipinski definition) is 1. The molecule has 1 aromatic rings. The van der Waals surface area contributed by atoms with Gasteiger partial charge in [-0.2, -0.15) is 0 Å². The maximum absolute atomic E-state index is 4.24. The first kappa shape index (κ1) is 12.4. The molecule has 1 unspecified atom stereocenters. The van der Waals surface area contributed by atoms with Crippen molar-refractivity contribution in [1.29, 1.82) is 0 Å². The second kappa shape index (κ2) is 6.75. The molecule has 0 aromatic carbocycles. The number of allylic oxidation sites excluding steroid dienone is 1. The van der Waals surface area contributed by atoms with Gasteiger partial charge in [0.2, 0.25) is 0 Å². The number of nitrogens with one attached hydrogen (secondary N) is 1. The molecule has 1 N–H and O–H groups in total. The van der Waals surface area contributed by atoms with Gasteiger partial charge in [0.1, 0.15) is 0 Å². The summed E-state index contributed by atoms with van der Waals surface area (Å²) in [5, 5.41) is 3.57. The lowest BCUT2D eigenvalue weighted by atomic mass is 10.1. The summed E-state index contributed by atoms with van der Waals surface area (Å²) in [7, 11) is 0. The Bertz CT molecular complexity index is 294. The number of nitrogens with zero attached hydrogens (tertiary/aromatic N) is 1. The first-order valence-electron chi connectivity index (χ1n) is 5.51. The van der Waals surface area contributed by atoms with E-state index in [4.69, 9.17) is 0 Å². The maximum Gasteiger partial charge on any atom is 0.0798 e. The average molecular weight is 224 g/mol. The van der Waals surface area contributed by atoms with Gasteiger partial charge in [0.05, 0.1) is 11.2 Å². The molecule has 3 heteroatoms. The number of aromatic nitrogens is 1. The lowest BCUT2D eigenvalue weighted by Crippen LogP contribution is -2.27. The van der Waals surface area contributed by atoms with Gasteiger partial charge in [-0.1, -0.05) is 13.0 Å². The lowest BCUT2D eigenvalue weighted by Gasteiger charge is -2.15. The van der Waals surface area contributed by atoms with Crippen LogP contribution in [0.1, 0.15) is 36.8 Å². The monoisotopic (exact) mass is 224 g/mol. The highest BCUT2D eigenvalue weighted by Crippen LogP contribution is 2.12.